The van der Waals surface area contributed by atoms with Crippen LogP contribution in [0.2, 0.25) is 0 Å². The van der Waals surface area contributed by atoms with Gasteiger partial charge in [-0.1, -0.05) is 18.2 Å². The van der Waals surface area contributed by atoms with Gasteiger partial charge in [0, 0.05) is 10.9 Å². The van der Waals surface area contributed by atoms with E-state index in [9.17, 15) is 9.59 Å². The van der Waals surface area contributed by atoms with Gasteiger partial charge in [-0.3, -0.25) is 0 Å². The highest BCUT2D eigenvalue weighted by atomic mass is 16.6. The zero-order chi connectivity index (χ0) is 15.2. The van der Waals surface area contributed by atoms with Crippen LogP contribution in [0.3, 0.4) is 0 Å². The lowest BCUT2D eigenvalue weighted by molar-refractivity contribution is -0.146. The first-order chi connectivity index (χ1) is 10.2. The number of para-hydroxylation sites is 1. The summed E-state index contributed by atoms with van der Waals surface area (Å²) >= 11 is 0. The molecule has 1 heterocycles. The quantitative estimate of drug-likeness (QED) is 0.366. The van der Waals surface area contributed by atoms with E-state index < -0.39 is 11.9 Å². The summed E-state index contributed by atoms with van der Waals surface area (Å²) in [4.78, 5) is 23.8. The van der Waals surface area contributed by atoms with Crippen molar-refractivity contribution in [1.29, 1.82) is 0 Å². The number of benzene rings is 1. The van der Waals surface area contributed by atoms with E-state index in [1.807, 2.05) is 18.2 Å². The average molecular weight is 288 g/mol. The van der Waals surface area contributed by atoms with Crippen molar-refractivity contribution in [3.8, 4) is 0 Å². The number of carbonyl (C=O) groups is 2. The Balaban J connectivity index is 2.44. The number of carbonyl (C=O) groups excluding carboxylic acids is 2. The Morgan fingerprint density at radius 2 is 1.71 bits per heavy atom. The van der Waals surface area contributed by atoms with E-state index in [1.165, 1.54) is 12.3 Å². The molecular formula is C16H16O5. The second-order valence-corrected chi connectivity index (χ2v) is 4.19. The first-order valence-electron chi connectivity index (χ1n) is 6.69. The van der Waals surface area contributed by atoms with E-state index >= 15 is 0 Å². The molecule has 0 saturated carbocycles. The molecule has 0 aliphatic rings. The molecule has 2 rings (SSSR count). The van der Waals surface area contributed by atoms with Gasteiger partial charge in [0.05, 0.1) is 19.5 Å². The Morgan fingerprint density at radius 3 is 2.33 bits per heavy atom. The van der Waals surface area contributed by atoms with E-state index in [0.717, 1.165) is 5.39 Å². The fourth-order valence-electron chi connectivity index (χ4n) is 1.88. The van der Waals surface area contributed by atoms with Gasteiger partial charge in [0.25, 0.3) is 0 Å². The summed E-state index contributed by atoms with van der Waals surface area (Å²) in [5.74, 6) is -1.41. The lowest BCUT2D eigenvalue weighted by Gasteiger charge is -2.06. The SMILES string of the molecule is CCOC(=O)C(=Cc1coc2ccccc12)C(=O)OCC. The Hall–Kier alpha value is -2.56. The molecule has 0 aliphatic heterocycles. The maximum Gasteiger partial charge on any atom is 0.345 e. The summed E-state index contributed by atoms with van der Waals surface area (Å²) in [7, 11) is 0. The monoisotopic (exact) mass is 288 g/mol. The number of furan rings is 1. The Kier molecular flexibility index (Phi) is 4.77. The lowest BCUT2D eigenvalue weighted by atomic mass is 10.1. The third-order valence-corrected chi connectivity index (χ3v) is 2.80. The summed E-state index contributed by atoms with van der Waals surface area (Å²) in [6, 6.07) is 7.35. The molecule has 0 N–H and O–H groups in total. The van der Waals surface area contributed by atoms with Crippen LogP contribution >= 0.6 is 0 Å². The predicted octanol–water partition coefficient (Wildman–Crippen LogP) is 2.94. The zero-order valence-corrected chi connectivity index (χ0v) is 11.9. The van der Waals surface area contributed by atoms with Crippen molar-refractivity contribution >= 4 is 29.0 Å². The second kappa shape index (κ2) is 6.74. The molecule has 1 aromatic heterocycles. The van der Waals surface area contributed by atoms with Crippen molar-refractivity contribution in [2.24, 2.45) is 0 Å². The van der Waals surface area contributed by atoms with Gasteiger partial charge >= 0.3 is 11.9 Å². The minimum Gasteiger partial charge on any atom is -0.464 e. The molecule has 0 aliphatic carbocycles. The fourth-order valence-corrected chi connectivity index (χ4v) is 1.88. The molecule has 0 spiro atoms. The van der Waals surface area contributed by atoms with Crippen LogP contribution in [0.1, 0.15) is 19.4 Å². The number of hydrogen-bond donors (Lipinski definition) is 0. The van der Waals surface area contributed by atoms with Gasteiger partial charge in [-0.25, -0.2) is 9.59 Å². The van der Waals surface area contributed by atoms with Gasteiger partial charge in [0.1, 0.15) is 11.2 Å². The summed E-state index contributed by atoms with van der Waals surface area (Å²) in [6.45, 7) is 3.71. The fraction of sp³-hybridized carbons (Fsp3) is 0.250. The lowest BCUT2D eigenvalue weighted by Crippen LogP contribution is -2.18. The first kappa shape index (κ1) is 14.8. The van der Waals surface area contributed by atoms with Crippen molar-refractivity contribution in [3.05, 3.63) is 41.7 Å². The molecule has 2 aromatic rings. The van der Waals surface area contributed by atoms with Crippen LogP contribution in [0, 0.1) is 0 Å². The molecule has 0 saturated heterocycles. The second-order valence-electron chi connectivity index (χ2n) is 4.19. The van der Waals surface area contributed by atoms with Crippen LogP contribution in [0.5, 0.6) is 0 Å². The normalized spacial score (nSPS) is 10.2. The number of rotatable bonds is 5. The summed E-state index contributed by atoms with van der Waals surface area (Å²) in [5.41, 5.74) is 1.16. The maximum atomic E-state index is 11.9. The predicted molar refractivity (Wildman–Crippen MR) is 77.5 cm³/mol. The third kappa shape index (κ3) is 3.31. The summed E-state index contributed by atoms with van der Waals surface area (Å²) in [6.07, 6.45) is 2.92. The summed E-state index contributed by atoms with van der Waals surface area (Å²) in [5, 5.41) is 0.809. The number of esters is 2. The molecule has 0 fully saturated rings. The van der Waals surface area contributed by atoms with Crippen molar-refractivity contribution < 1.29 is 23.5 Å². The number of ether oxygens (including phenoxy) is 2. The van der Waals surface area contributed by atoms with Crippen molar-refractivity contribution in [2.75, 3.05) is 13.2 Å². The zero-order valence-electron chi connectivity index (χ0n) is 11.9. The van der Waals surface area contributed by atoms with Gasteiger partial charge < -0.3 is 13.9 Å². The Bertz CT molecular complexity index is 661. The third-order valence-electron chi connectivity index (χ3n) is 2.80. The maximum absolute atomic E-state index is 11.9. The van der Waals surface area contributed by atoms with Crippen molar-refractivity contribution in [1.82, 2.24) is 0 Å². The van der Waals surface area contributed by atoms with Crippen LogP contribution in [-0.4, -0.2) is 25.2 Å². The van der Waals surface area contributed by atoms with Crippen LogP contribution in [-0.2, 0) is 19.1 Å². The largest absolute Gasteiger partial charge is 0.464 e. The van der Waals surface area contributed by atoms with E-state index in [0.29, 0.717) is 11.1 Å². The molecule has 0 atom stereocenters. The molecule has 0 bridgehead atoms. The van der Waals surface area contributed by atoms with Crippen LogP contribution in [0.15, 0.2) is 40.5 Å². The highest BCUT2D eigenvalue weighted by Crippen LogP contribution is 2.23. The van der Waals surface area contributed by atoms with Gasteiger partial charge in [-0.2, -0.15) is 0 Å². The first-order valence-corrected chi connectivity index (χ1v) is 6.69. The van der Waals surface area contributed by atoms with Crippen LogP contribution in [0.25, 0.3) is 17.0 Å². The minimum atomic E-state index is -0.707. The highest BCUT2D eigenvalue weighted by molar-refractivity contribution is 6.18. The standard InChI is InChI=1S/C16H16O5/c1-3-19-15(17)13(16(18)20-4-2)9-11-10-21-14-8-6-5-7-12(11)14/h5-10H,3-4H2,1-2H3. The smallest absolute Gasteiger partial charge is 0.345 e. The number of hydrogen-bond acceptors (Lipinski definition) is 5. The Morgan fingerprint density at radius 1 is 1.10 bits per heavy atom. The Labute approximate surface area is 122 Å². The average Bonchev–Trinajstić information content (AvgIpc) is 2.88. The number of fused-ring (bicyclic) bond motifs is 1. The molecule has 21 heavy (non-hydrogen) atoms. The van der Waals surface area contributed by atoms with Gasteiger partial charge in [0.15, 0.2) is 0 Å². The van der Waals surface area contributed by atoms with E-state index in [2.05, 4.69) is 0 Å². The van der Waals surface area contributed by atoms with Crippen LogP contribution < -0.4 is 0 Å². The topological polar surface area (TPSA) is 65.7 Å². The molecule has 110 valence electrons. The van der Waals surface area contributed by atoms with Gasteiger partial charge in [-0.05, 0) is 26.0 Å². The van der Waals surface area contributed by atoms with E-state index in [-0.39, 0.29) is 18.8 Å². The molecule has 5 heteroatoms. The van der Waals surface area contributed by atoms with E-state index in [1.54, 1.807) is 19.9 Å². The summed E-state index contributed by atoms with van der Waals surface area (Å²) < 4.78 is 15.2. The molecule has 0 radical (unpaired) electrons. The molecule has 1 aromatic carbocycles. The van der Waals surface area contributed by atoms with Crippen molar-refractivity contribution in [2.45, 2.75) is 13.8 Å². The molecule has 0 amide bonds. The van der Waals surface area contributed by atoms with Gasteiger partial charge in [-0.15, -0.1) is 0 Å². The highest BCUT2D eigenvalue weighted by Gasteiger charge is 2.21. The molecule has 0 unspecified atom stereocenters. The van der Waals surface area contributed by atoms with Gasteiger partial charge in [0.2, 0.25) is 0 Å². The van der Waals surface area contributed by atoms with Crippen LogP contribution in [0.4, 0.5) is 0 Å². The van der Waals surface area contributed by atoms with Crippen molar-refractivity contribution in [3.63, 3.8) is 0 Å². The molecule has 5 nitrogen and oxygen atoms in total. The molecular weight excluding hydrogens is 272 g/mol. The minimum absolute atomic E-state index is 0.148. The van der Waals surface area contributed by atoms with E-state index in [4.69, 9.17) is 13.9 Å².